The minimum atomic E-state index is -5.94. The molecule has 0 amide bonds. The Bertz CT molecular complexity index is 1310. The maximum atomic E-state index is 13.8. The van der Waals surface area contributed by atoms with Crippen molar-refractivity contribution in [2.24, 2.45) is 0 Å². The second-order valence-corrected chi connectivity index (χ2v) is 7.92. The third-order valence-corrected chi connectivity index (χ3v) is 5.37. The van der Waals surface area contributed by atoms with Crippen LogP contribution in [-0.2, 0) is 25.2 Å². The Morgan fingerprint density at radius 3 is 1.31 bits per heavy atom. The molecule has 3 aromatic carbocycles. The van der Waals surface area contributed by atoms with Crippen molar-refractivity contribution in [3.63, 3.8) is 0 Å². The normalized spacial score (nSPS) is 11.9. The molecule has 0 unspecified atom stereocenters. The van der Waals surface area contributed by atoms with E-state index in [1.54, 1.807) is 12.1 Å². The van der Waals surface area contributed by atoms with Crippen LogP contribution in [0.25, 0.3) is 11.1 Å². The zero-order chi connectivity index (χ0) is 32.2. The lowest BCUT2D eigenvalue weighted by molar-refractivity contribution is -0.175. The second-order valence-electron chi connectivity index (χ2n) is 7.92. The Labute approximate surface area is 228 Å². The number of benzene rings is 3. The standard InChI is InChI=1S/C16H15F3O3.C9H2F10O/c1-20-10-6-14(21-2)16(15(7-10)22-3)9-4-12(18)11(8-17)13(19)5-9;10-7(11,12)4-1-3(20-19)2-5(8(13,14)15)6(4)9(16,17)18/h4-7H,8H2,1-3H3;1-2H. The van der Waals surface area contributed by atoms with Crippen LogP contribution in [0.3, 0.4) is 0 Å². The molecular weight excluding hydrogens is 611 g/mol. The van der Waals surface area contributed by atoms with E-state index in [9.17, 15) is 57.2 Å². The van der Waals surface area contributed by atoms with E-state index in [-0.39, 0.29) is 5.56 Å². The monoisotopic (exact) mass is 628 g/mol. The van der Waals surface area contributed by atoms with E-state index in [1.165, 1.54) is 21.3 Å². The first-order chi connectivity index (χ1) is 19.3. The van der Waals surface area contributed by atoms with Crippen LogP contribution in [0.2, 0.25) is 0 Å². The summed E-state index contributed by atoms with van der Waals surface area (Å²) in [6.07, 6.45) is -17.5. The van der Waals surface area contributed by atoms with Crippen LogP contribution in [0, 0.1) is 11.6 Å². The summed E-state index contributed by atoms with van der Waals surface area (Å²) in [5, 5.41) is 0. The van der Waals surface area contributed by atoms with Crippen LogP contribution in [-0.4, -0.2) is 21.3 Å². The van der Waals surface area contributed by atoms with Crippen molar-refractivity contribution in [2.45, 2.75) is 25.2 Å². The van der Waals surface area contributed by atoms with E-state index >= 15 is 0 Å². The van der Waals surface area contributed by atoms with Crippen molar-refractivity contribution in [2.75, 3.05) is 21.3 Å². The minimum absolute atomic E-state index is 0.184. The molecule has 0 aromatic heterocycles. The zero-order valence-corrected chi connectivity index (χ0v) is 21.2. The number of alkyl halides is 10. The predicted molar refractivity (Wildman–Crippen MR) is 119 cm³/mol. The number of halogens is 13. The lowest BCUT2D eigenvalue weighted by Crippen LogP contribution is -2.23. The van der Waals surface area contributed by atoms with E-state index < -0.39 is 77.0 Å². The van der Waals surface area contributed by atoms with E-state index in [0.717, 1.165) is 12.1 Å². The van der Waals surface area contributed by atoms with Crippen molar-refractivity contribution in [3.8, 4) is 34.1 Å². The van der Waals surface area contributed by atoms with Crippen molar-refractivity contribution >= 4 is 0 Å². The Morgan fingerprint density at radius 1 is 0.595 bits per heavy atom. The molecule has 4 nitrogen and oxygen atoms in total. The fourth-order valence-corrected chi connectivity index (χ4v) is 3.58. The van der Waals surface area contributed by atoms with Crippen LogP contribution in [0.1, 0.15) is 22.3 Å². The third kappa shape index (κ3) is 7.61. The summed E-state index contributed by atoms with van der Waals surface area (Å²) in [5.74, 6) is -2.45. The van der Waals surface area contributed by atoms with Gasteiger partial charge in [-0.2, -0.15) is 39.5 Å². The molecule has 0 atom stereocenters. The van der Waals surface area contributed by atoms with Gasteiger partial charge in [-0.05, 0) is 29.8 Å². The number of rotatable bonds is 6. The largest absolute Gasteiger partial charge is 0.496 e. The number of ether oxygens (including phenoxy) is 3. The Balaban J connectivity index is 0.000000295. The molecule has 0 aliphatic heterocycles. The molecule has 17 heteroatoms. The van der Waals surface area contributed by atoms with E-state index in [2.05, 4.69) is 4.94 Å². The predicted octanol–water partition coefficient (Wildman–Crippen LogP) is 9.13. The van der Waals surface area contributed by atoms with Crippen molar-refractivity contribution in [1.82, 2.24) is 0 Å². The van der Waals surface area contributed by atoms with Crippen LogP contribution in [0.4, 0.5) is 57.2 Å². The Hall–Kier alpha value is -4.05. The summed E-state index contributed by atoms with van der Waals surface area (Å²) in [7, 11) is 4.31. The summed E-state index contributed by atoms with van der Waals surface area (Å²) in [4.78, 5) is 2.69. The summed E-state index contributed by atoms with van der Waals surface area (Å²) >= 11 is 0. The lowest BCUT2D eigenvalue weighted by Gasteiger charge is -2.20. The molecule has 42 heavy (non-hydrogen) atoms. The molecular formula is C25H17F13O4. The van der Waals surface area contributed by atoms with Crippen LogP contribution in [0.15, 0.2) is 36.4 Å². The molecule has 0 aliphatic rings. The SMILES string of the molecule is COc1cc(OC)c(-c2cc(F)c(CF)c(F)c2)c(OC)c1.FOc1cc(C(F)(F)F)c(C(F)(F)F)c(C(F)(F)F)c1. The van der Waals surface area contributed by atoms with Crippen LogP contribution in [0.5, 0.6) is 23.0 Å². The average molecular weight is 628 g/mol. The summed E-state index contributed by atoms with van der Waals surface area (Å²) < 4.78 is 180. The highest BCUT2D eigenvalue weighted by atomic mass is 19.4. The van der Waals surface area contributed by atoms with Gasteiger partial charge in [-0.1, -0.05) is 0 Å². The smallest absolute Gasteiger partial charge is 0.417 e. The molecule has 0 fully saturated rings. The van der Waals surface area contributed by atoms with Crippen molar-refractivity contribution < 1.29 is 76.4 Å². The van der Waals surface area contributed by atoms with Gasteiger partial charge in [0.15, 0.2) is 5.75 Å². The molecule has 3 aromatic rings. The van der Waals surface area contributed by atoms with Gasteiger partial charge < -0.3 is 14.2 Å². The highest BCUT2D eigenvalue weighted by Gasteiger charge is 2.50. The molecule has 0 bridgehead atoms. The first-order valence-corrected chi connectivity index (χ1v) is 10.9. The molecule has 3 rings (SSSR count). The average Bonchev–Trinajstić information content (AvgIpc) is 2.90. The number of methoxy groups -OCH3 is 3. The van der Waals surface area contributed by atoms with Gasteiger partial charge in [0.2, 0.25) is 0 Å². The van der Waals surface area contributed by atoms with Crippen LogP contribution >= 0.6 is 0 Å². The van der Waals surface area contributed by atoms with Crippen LogP contribution < -0.4 is 19.2 Å². The molecule has 0 aliphatic carbocycles. The summed E-state index contributed by atoms with van der Waals surface area (Å²) in [6.45, 7) is -1.21. The summed E-state index contributed by atoms with van der Waals surface area (Å²) in [5.41, 5.74) is -8.38. The Kier molecular flexibility index (Phi) is 10.5. The molecule has 0 N–H and O–H groups in total. The topological polar surface area (TPSA) is 36.9 Å². The molecule has 0 radical (unpaired) electrons. The quantitative estimate of drug-likeness (QED) is 0.255. The highest BCUT2D eigenvalue weighted by Crippen LogP contribution is 2.48. The van der Waals surface area contributed by atoms with Gasteiger partial charge in [0, 0.05) is 16.7 Å². The van der Waals surface area contributed by atoms with Crippen molar-refractivity contribution in [1.29, 1.82) is 0 Å². The van der Waals surface area contributed by atoms with Gasteiger partial charge in [0.1, 0.15) is 35.6 Å². The Morgan fingerprint density at radius 2 is 1.02 bits per heavy atom. The molecule has 0 saturated carbocycles. The first kappa shape index (κ1) is 34.2. The number of hydrogen-bond acceptors (Lipinski definition) is 4. The first-order valence-electron chi connectivity index (χ1n) is 10.9. The molecule has 0 spiro atoms. The van der Waals surface area contributed by atoms with Gasteiger partial charge in [-0.15, -0.1) is 0 Å². The molecule has 232 valence electrons. The van der Waals surface area contributed by atoms with Gasteiger partial charge in [0.05, 0.1) is 49.1 Å². The fourth-order valence-electron chi connectivity index (χ4n) is 3.58. The van der Waals surface area contributed by atoms with E-state index in [1.807, 2.05) is 0 Å². The lowest BCUT2D eigenvalue weighted by atomic mass is 9.99. The van der Waals surface area contributed by atoms with E-state index in [4.69, 9.17) is 14.2 Å². The highest BCUT2D eigenvalue weighted by molar-refractivity contribution is 5.78. The van der Waals surface area contributed by atoms with Gasteiger partial charge in [0.25, 0.3) is 0 Å². The molecule has 0 heterocycles. The summed E-state index contributed by atoms with van der Waals surface area (Å²) in [6, 6.07) is 4.22. The maximum Gasteiger partial charge on any atom is 0.417 e. The zero-order valence-electron chi connectivity index (χ0n) is 21.2. The molecule has 0 saturated heterocycles. The number of hydrogen-bond donors (Lipinski definition) is 0. The third-order valence-electron chi connectivity index (χ3n) is 5.37. The van der Waals surface area contributed by atoms with Gasteiger partial charge >= 0.3 is 18.5 Å². The van der Waals surface area contributed by atoms with E-state index in [0.29, 0.717) is 22.8 Å². The minimum Gasteiger partial charge on any atom is -0.496 e. The fraction of sp³-hybridized carbons (Fsp3) is 0.280. The second kappa shape index (κ2) is 12.9. The van der Waals surface area contributed by atoms with Crippen molar-refractivity contribution in [3.05, 3.63) is 70.3 Å². The maximum absolute atomic E-state index is 13.8. The van der Waals surface area contributed by atoms with Gasteiger partial charge in [-0.3, -0.25) is 4.94 Å². The van der Waals surface area contributed by atoms with Gasteiger partial charge in [-0.25, -0.2) is 13.2 Å².